The number of fused-ring (bicyclic) bond motifs is 1. The first-order chi connectivity index (χ1) is 20.3. The molecule has 1 atom stereocenters. The number of hydrogen-bond donors (Lipinski definition) is 2. The van der Waals surface area contributed by atoms with Crippen LogP contribution in [0.1, 0.15) is 28.7 Å². The number of aromatic nitrogens is 2. The van der Waals surface area contributed by atoms with E-state index in [2.05, 4.69) is 30.3 Å². The number of anilines is 1. The fourth-order valence-corrected chi connectivity index (χ4v) is 4.56. The van der Waals surface area contributed by atoms with E-state index < -0.39 is 47.0 Å². The Balaban J connectivity index is 1.55. The molecular formula is C29H21ClN6O6. The molecule has 2 N–H and O–H groups in total. The van der Waals surface area contributed by atoms with Gasteiger partial charge in [0.25, 0.3) is 17.7 Å². The third kappa shape index (κ3) is 5.56. The van der Waals surface area contributed by atoms with E-state index in [1.807, 2.05) is 0 Å². The van der Waals surface area contributed by atoms with Gasteiger partial charge in [-0.15, -0.1) is 10.2 Å². The molecule has 0 saturated heterocycles. The zero-order chi connectivity index (χ0) is 29.8. The molecule has 210 valence electrons. The van der Waals surface area contributed by atoms with E-state index >= 15 is 0 Å². The number of azo groups is 1. The molecule has 2 heterocycles. The molecule has 0 unspecified atom stereocenters. The first-order valence-electron chi connectivity index (χ1n) is 12.4. The van der Waals surface area contributed by atoms with Gasteiger partial charge in [-0.05, 0) is 35.4 Å². The van der Waals surface area contributed by atoms with Gasteiger partial charge in [-0.2, -0.15) is 4.99 Å². The highest BCUT2D eigenvalue weighted by molar-refractivity contribution is 6.41. The number of carbonyl (C=O) groups is 4. The Bertz CT molecular complexity index is 1700. The molecule has 1 aliphatic heterocycles. The number of amides is 2. The number of urea groups is 1. The van der Waals surface area contributed by atoms with Crippen LogP contribution in [0, 0.1) is 0 Å². The summed E-state index contributed by atoms with van der Waals surface area (Å²) in [4.78, 5) is 60.5. The predicted molar refractivity (Wildman–Crippen MR) is 151 cm³/mol. The number of hydrogen-bond acceptors (Lipinski definition) is 8. The second-order valence-corrected chi connectivity index (χ2v) is 9.39. The summed E-state index contributed by atoms with van der Waals surface area (Å²) in [5, 5.41) is 21.8. The van der Waals surface area contributed by atoms with E-state index in [9.17, 15) is 24.3 Å². The summed E-state index contributed by atoms with van der Waals surface area (Å²) < 4.78 is 5.52. The Morgan fingerprint density at radius 3 is 2.07 bits per heavy atom. The number of benzene rings is 3. The smallest absolute Gasteiger partial charge is 0.375 e. The second kappa shape index (κ2) is 11.9. The Kier molecular flexibility index (Phi) is 7.98. The summed E-state index contributed by atoms with van der Waals surface area (Å²) in [6, 6.07) is 22.7. The standard InChI is InChI=1S/C29H21ClN6O6/c1-42-26(40)24(38)21(23(37)20(16-8-4-2-5-9-16)17-10-6-3-7-11-17)22-25(39)36-27(32-22)34-35-28(36)33-29(41)31-19-14-12-18(30)13-15-19/h2-15,20-21,39H,1H3,(H,31,41)/t21-/m0/s1. The summed E-state index contributed by atoms with van der Waals surface area (Å²) in [5.41, 5.74) is 1.01. The molecule has 1 aliphatic rings. The number of halogens is 1. The summed E-state index contributed by atoms with van der Waals surface area (Å²) in [6.07, 6.45) is 0. The number of nitrogens with one attached hydrogen (secondary N) is 1. The van der Waals surface area contributed by atoms with Gasteiger partial charge in [0, 0.05) is 10.7 Å². The highest BCUT2D eigenvalue weighted by atomic mass is 35.5. The van der Waals surface area contributed by atoms with Crippen molar-refractivity contribution in [3.05, 3.63) is 107 Å². The van der Waals surface area contributed by atoms with E-state index in [0.29, 0.717) is 21.8 Å². The molecule has 5 rings (SSSR count). The Morgan fingerprint density at radius 1 is 0.905 bits per heavy atom. The van der Waals surface area contributed by atoms with Gasteiger partial charge in [0.2, 0.25) is 5.88 Å². The summed E-state index contributed by atoms with van der Waals surface area (Å²) in [5.74, 6) is -7.59. The van der Waals surface area contributed by atoms with Crippen molar-refractivity contribution in [1.29, 1.82) is 0 Å². The highest BCUT2D eigenvalue weighted by Crippen LogP contribution is 2.39. The molecular weight excluding hydrogens is 564 g/mol. The zero-order valence-electron chi connectivity index (χ0n) is 21.8. The first kappa shape index (κ1) is 28.1. The molecule has 0 aliphatic carbocycles. The van der Waals surface area contributed by atoms with Crippen molar-refractivity contribution < 1.29 is 29.0 Å². The van der Waals surface area contributed by atoms with Crippen LogP contribution in [0.15, 0.2) is 100 Å². The summed E-state index contributed by atoms with van der Waals surface area (Å²) in [7, 11) is 0.999. The van der Waals surface area contributed by atoms with Gasteiger partial charge in [-0.3, -0.25) is 9.59 Å². The van der Waals surface area contributed by atoms with E-state index in [1.54, 1.807) is 84.9 Å². The lowest BCUT2D eigenvalue weighted by atomic mass is 9.79. The van der Waals surface area contributed by atoms with E-state index in [1.165, 1.54) is 0 Å². The van der Waals surface area contributed by atoms with Crippen LogP contribution in [0.25, 0.3) is 0 Å². The maximum absolute atomic E-state index is 14.2. The molecule has 0 fully saturated rings. The highest BCUT2D eigenvalue weighted by Gasteiger charge is 2.44. The largest absolute Gasteiger partial charge is 0.493 e. The van der Waals surface area contributed by atoms with Crippen molar-refractivity contribution in [3.8, 4) is 5.88 Å². The fraction of sp³-hybridized carbons (Fsp3) is 0.103. The van der Waals surface area contributed by atoms with Gasteiger partial charge in [-0.1, -0.05) is 72.3 Å². The van der Waals surface area contributed by atoms with Gasteiger partial charge in [0.05, 0.1) is 13.0 Å². The summed E-state index contributed by atoms with van der Waals surface area (Å²) >= 11 is 5.87. The predicted octanol–water partition coefficient (Wildman–Crippen LogP) is 5.00. The monoisotopic (exact) mass is 584 g/mol. The number of ketones is 2. The molecule has 0 spiro atoms. The number of imidazole rings is 1. The van der Waals surface area contributed by atoms with Crippen LogP contribution in [-0.4, -0.2) is 51.3 Å². The van der Waals surface area contributed by atoms with Crippen molar-refractivity contribution in [2.24, 2.45) is 15.2 Å². The van der Waals surface area contributed by atoms with Gasteiger partial charge in [-0.25, -0.2) is 19.1 Å². The Morgan fingerprint density at radius 2 is 1.50 bits per heavy atom. The number of Topliss-reactive ketones (excluding diaryl/α,β-unsaturated/α-hetero) is 2. The van der Waals surface area contributed by atoms with Crippen molar-refractivity contribution >= 4 is 52.8 Å². The van der Waals surface area contributed by atoms with Crippen LogP contribution in [0.3, 0.4) is 0 Å². The lowest BCUT2D eigenvalue weighted by Crippen LogP contribution is -2.33. The second-order valence-electron chi connectivity index (χ2n) is 8.95. The van der Waals surface area contributed by atoms with Crippen LogP contribution in [0.4, 0.5) is 16.4 Å². The number of carbonyl (C=O) groups excluding carboxylic acids is 4. The molecule has 4 aromatic rings. The van der Waals surface area contributed by atoms with Crippen LogP contribution < -0.4 is 5.32 Å². The van der Waals surface area contributed by atoms with Crippen LogP contribution >= 0.6 is 11.6 Å². The minimum Gasteiger partial charge on any atom is -0.493 e. The minimum absolute atomic E-state index is 0.257. The first-order valence-corrected chi connectivity index (χ1v) is 12.8. The number of esters is 1. The minimum atomic E-state index is -1.89. The third-order valence-electron chi connectivity index (χ3n) is 6.34. The lowest BCUT2D eigenvalue weighted by Gasteiger charge is -2.21. The van der Waals surface area contributed by atoms with E-state index in [4.69, 9.17) is 11.6 Å². The van der Waals surface area contributed by atoms with E-state index in [0.717, 1.165) is 11.7 Å². The van der Waals surface area contributed by atoms with Crippen molar-refractivity contribution in [2.75, 3.05) is 12.4 Å². The maximum atomic E-state index is 14.2. The van der Waals surface area contributed by atoms with Crippen LogP contribution in [0.2, 0.25) is 5.02 Å². The molecule has 13 heteroatoms. The van der Waals surface area contributed by atoms with Crippen molar-refractivity contribution in [2.45, 2.75) is 11.8 Å². The zero-order valence-corrected chi connectivity index (χ0v) is 22.6. The molecule has 3 aromatic carbocycles. The molecule has 0 saturated carbocycles. The molecule has 1 aromatic heterocycles. The average molecular weight is 585 g/mol. The van der Waals surface area contributed by atoms with Crippen LogP contribution in [0.5, 0.6) is 5.88 Å². The van der Waals surface area contributed by atoms with Gasteiger partial charge in [0.1, 0.15) is 11.6 Å². The quantitative estimate of drug-likeness (QED) is 0.167. The summed E-state index contributed by atoms with van der Waals surface area (Å²) in [6.45, 7) is 0. The fourth-order valence-electron chi connectivity index (χ4n) is 4.43. The molecule has 12 nitrogen and oxygen atoms in total. The van der Waals surface area contributed by atoms with Crippen molar-refractivity contribution in [1.82, 2.24) is 9.55 Å². The number of nitrogens with zero attached hydrogens (tertiary/aromatic N) is 5. The molecule has 42 heavy (non-hydrogen) atoms. The number of aromatic hydroxyl groups is 1. The van der Waals surface area contributed by atoms with Gasteiger partial charge >= 0.3 is 12.0 Å². The molecule has 2 amide bonds. The lowest BCUT2D eigenvalue weighted by molar-refractivity contribution is -0.153. The Hall–Kier alpha value is -5.49. The number of rotatable bonds is 8. The number of methoxy groups -OCH3 is 1. The topological polar surface area (TPSA) is 165 Å². The Labute approximate surface area is 243 Å². The van der Waals surface area contributed by atoms with Crippen molar-refractivity contribution in [3.63, 3.8) is 0 Å². The van der Waals surface area contributed by atoms with Crippen LogP contribution in [-0.2, 0) is 19.1 Å². The van der Waals surface area contributed by atoms with Gasteiger partial charge < -0.3 is 15.2 Å². The SMILES string of the molecule is COC(=O)C(=O)[C@H](C(=O)C(c1ccccc1)c1ccccc1)c1nc2n(c1O)C(=NC(=O)Nc1ccc(Cl)cc1)N=N2. The maximum Gasteiger partial charge on any atom is 0.375 e. The van der Waals surface area contributed by atoms with Gasteiger partial charge in [0.15, 0.2) is 5.78 Å². The number of aliphatic imine (C=N–C) groups is 1. The number of ether oxygens (including phenoxy) is 1. The molecule has 0 radical (unpaired) electrons. The third-order valence-corrected chi connectivity index (χ3v) is 6.60. The average Bonchev–Trinajstić information content (AvgIpc) is 3.54. The van der Waals surface area contributed by atoms with E-state index in [-0.39, 0.29) is 11.9 Å². The normalized spacial score (nSPS) is 13.5. The molecule has 0 bridgehead atoms.